The standard InChI is InChI=1S/C21H22N4O5S/c1-11-9-17(23-12(2)22-11)25-31(29,30)16-7-5-15(6-8-16)24-20(26)18-13-3-4-14(10-13)19(18)21(27)28/h3-9,13-14,18-19H,10H2,1-2H3,(H,24,26)(H,27,28)(H,22,23,25)/t13-,14+,18-,19+/m1/s1. The first-order valence-electron chi connectivity index (χ1n) is 9.81. The fourth-order valence-corrected chi connectivity index (χ4v) is 5.42. The van der Waals surface area contributed by atoms with E-state index in [1.54, 1.807) is 13.8 Å². The number of aliphatic carboxylic acids is 1. The zero-order valence-corrected chi connectivity index (χ0v) is 17.8. The molecule has 1 aromatic carbocycles. The van der Waals surface area contributed by atoms with E-state index in [4.69, 9.17) is 0 Å². The van der Waals surface area contributed by atoms with Gasteiger partial charge in [-0.1, -0.05) is 12.2 Å². The number of anilines is 2. The van der Waals surface area contributed by atoms with E-state index in [9.17, 15) is 23.1 Å². The molecule has 1 aromatic heterocycles. The highest BCUT2D eigenvalue weighted by Crippen LogP contribution is 2.48. The van der Waals surface area contributed by atoms with E-state index in [1.807, 2.05) is 12.2 Å². The maximum absolute atomic E-state index is 12.8. The van der Waals surface area contributed by atoms with Gasteiger partial charge in [-0.15, -0.1) is 0 Å². The largest absolute Gasteiger partial charge is 0.481 e. The van der Waals surface area contributed by atoms with Gasteiger partial charge in [0.2, 0.25) is 5.91 Å². The third-order valence-electron chi connectivity index (χ3n) is 5.68. The Balaban J connectivity index is 1.47. The van der Waals surface area contributed by atoms with Crippen LogP contribution in [0.25, 0.3) is 0 Å². The average Bonchev–Trinajstić information content (AvgIpc) is 3.28. The number of hydrogen-bond donors (Lipinski definition) is 3. The van der Waals surface area contributed by atoms with Gasteiger partial charge in [-0.25, -0.2) is 18.4 Å². The Bertz CT molecular complexity index is 1160. The zero-order chi connectivity index (χ0) is 22.3. The summed E-state index contributed by atoms with van der Waals surface area (Å²) in [5.74, 6) is -2.30. The van der Waals surface area contributed by atoms with E-state index in [2.05, 4.69) is 20.0 Å². The fourth-order valence-electron chi connectivity index (χ4n) is 4.43. The van der Waals surface area contributed by atoms with Gasteiger partial charge in [0.25, 0.3) is 10.0 Å². The van der Waals surface area contributed by atoms with E-state index >= 15 is 0 Å². The third-order valence-corrected chi connectivity index (χ3v) is 7.05. The molecule has 2 aliphatic rings. The number of carboxylic acid groups (broad SMARTS) is 1. The minimum atomic E-state index is -3.87. The first-order valence-corrected chi connectivity index (χ1v) is 11.3. The summed E-state index contributed by atoms with van der Waals surface area (Å²) in [5.41, 5.74) is 1.03. The number of amides is 1. The molecule has 0 saturated heterocycles. The number of rotatable bonds is 6. The number of sulfonamides is 1. The number of aryl methyl sites for hydroxylation is 2. The molecule has 10 heteroatoms. The Hall–Kier alpha value is -3.27. The third kappa shape index (κ3) is 4.15. The summed E-state index contributed by atoms with van der Waals surface area (Å²) < 4.78 is 27.7. The first kappa shape index (κ1) is 21.0. The molecule has 162 valence electrons. The van der Waals surface area contributed by atoms with Crippen LogP contribution in [0, 0.1) is 37.5 Å². The van der Waals surface area contributed by atoms with Gasteiger partial charge in [-0.2, -0.15) is 0 Å². The molecule has 1 saturated carbocycles. The molecule has 1 amide bonds. The van der Waals surface area contributed by atoms with Crippen molar-refractivity contribution in [1.29, 1.82) is 0 Å². The summed E-state index contributed by atoms with van der Waals surface area (Å²) in [4.78, 5) is 32.6. The van der Waals surface area contributed by atoms with Crippen LogP contribution in [0.3, 0.4) is 0 Å². The van der Waals surface area contributed by atoms with Crippen molar-refractivity contribution < 1.29 is 23.1 Å². The maximum Gasteiger partial charge on any atom is 0.307 e. The number of hydrogen-bond acceptors (Lipinski definition) is 6. The SMILES string of the molecule is Cc1cc(NS(=O)(=O)c2ccc(NC(=O)[C@H]3[C@@H](C(=O)O)[C@H]4C=C[C@@H]3C4)cc2)nc(C)n1. The van der Waals surface area contributed by atoms with Crippen molar-refractivity contribution in [2.45, 2.75) is 25.2 Å². The predicted octanol–water partition coefficient (Wildman–Crippen LogP) is 2.36. The molecule has 1 fully saturated rings. The van der Waals surface area contributed by atoms with Crippen molar-refractivity contribution in [3.63, 3.8) is 0 Å². The van der Waals surface area contributed by atoms with Gasteiger partial charge >= 0.3 is 5.97 Å². The van der Waals surface area contributed by atoms with Crippen LogP contribution in [-0.2, 0) is 19.6 Å². The van der Waals surface area contributed by atoms with E-state index < -0.39 is 27.8 Å². The molecule has 0 aliphatic heterocycles. The van der Waals surface area contributed by atoms with Gasteiger partial charge in [0.1, 0.15) is 11.6 Å². The van der Waals surface area contributed by atoms with E-state index in [-0.39, 0.29) is 28.5 Å². The molecule has 31 heavy (non-hydrogen) atoms. The number of allylic oxidation sites excluding steroid dienone is 2. The van der Waals surface area contributed by atoms with Crippen LogP contribution in [0.1, 0.15) is 17.9 Å². The molecule has 0 spiro atoms. The van der Waals surface area contributed by atoms with Crippen LogP contribution in [0.2, 0.25) is 0 Å². The number of carboxylic acids is 1. The molecule has 4 rings (SSSR count). The van der Waals surface area contributed by atoms with Crippen molar-refractivity contribution in [3.05, 3.63) is 54.0 Å². The van der Waals surface area contributed by atoms with E-state index in [0.29, 0.717) is 23.6 Å². The molecule has 0 unspecified atom stereocenters. The van der Waals surface area contributed by atoms with E-state index in [0.717, 1.165) is 0 Å². The lowest BCUT2D eigenvalue weighted by atomic mass is 9.82. The van der Waals surface area contributed by atoms with Crippen molar-refractivity contribution in [1.82, 2.24) is 9.97 Å². The maximum atomic E-state index is 12.8. The predicted molar refractivity (Wildman–Crippen MR) is 113 cm³/mol. The summed E-state index contributed by atoms with van der Waals surface area (Å²) in [6, 6.07) is 7.22. The second-order valence-electron chi connectivity index (χ2n) is 7.90. The fraction of sp³-hybridized carbons (Fsp3) is 0.333. The summed E-state index contributed by atoms with van der Waals surface area (Å²) in [5, 5.41) is 12.2. The smallest absolute Gasteiger partial charge is 0.307 e. The highest BCUT2D eigenvalue weighted by Gasteiger charge is 2.51. The van der Waals surface area contributed by atoms with Crippen LogP contribution >= 0.6 is 0 Å². The Labute approximate surface area is 179 Å². The van der Waals surface area contributed by atoms with Crippen LogP contribution in [0.5, 0.6) is 0 Å². The second-order valence-corrected chi connectivity index (χ2v) is 9.58. The topological polar surface area (TPSA) is 138 Å². The molecular formula is C21H22N4O5S. The van der Waals surface area contributed by atoms with Gasteiger partial charge in [-0.05, 0) is 56.4 Å². The minimum Gasteiger partial charge on any atom is -0.481 e. The molecule has 0 radical (unpaired) electrons. The zero-order valence-electron chi connectivity index (χ0n) is 16.9. The summed E-state index contributed by atoms with van der Waals surface area (Å²) in [6.45, 7) is 3.41. The molecule has 4 atom stereocenters. The second kappa shape index (κ2) is 7.77. The highest BCUT2D eigenvalue weighted by atomic mass is 32.2. The lowest BCUT2D eigenvalue weighted by Crippen LogP contribution is -2.36. The van der Waals surface area contributed by atoms with Crippen molar-refractivity contribution in [2.75, 3.05) is 10.0 Å². The summed E-state index contributed by atoms with van der Waals surface area (Å²) in [6.07, 6.45) is 4.45. The molecule has 2 bridgehead atoms. The number of nitrogens with zero attached hydrogens (tertiary/aromatic N) is 2. The summed E-state index contributed by atoms with van der Waals surface area (Å²) >= 11 is 0. The Morgan fingerprint density at radius 2 is 1.68 bits per heavy atom. The number of fused-ring (bicyclic) bond motifs is 2. The number of benzene rings is 1. The minimum absolute atomic E-state index is 0.00527. The Morgan fingerprint density at radius 1 is 1.03 bits per heavy atom. The number of carbonyl (C=O) groups excluding carboxylic acids is 1. The van der Waals surface area contributed by atoms with Gasteiger partial charge in [-0.3, -0.25) is 14.3 Å². The summed E-state index contributed by atoms with van der Waals surface area (Å²) in [7, 11) is -3.87. The molecule has 3 N–H and O–H groups in total. The number of nitrogens with one attached hydrogen (secondary N) is 2. The van der Waals surface area contributed by atoms with Crippen LogP contribution in [-0.4, -0.2) is 35.4 Å². The Morgan fingerprint density at radius 3 is 2.29 bits per heavy atom. The monoisotopic (exact) mass is 442 g/mol. The Kier molecular flexibility index (Phi) is 5.26. The van der Waals surface area contributed by atoms with Crippen molar-refractivity contribution in [2.24, 2.45) is 23.7 Å². The van der Waals surface area contributed by atoms with E-state index in [1.165, 1.54) is 30.3 Å². The van der Waals surface area contributed by atoms with Crippen LogP contribution in [0.4, 0.5) is 11.5 Å². The van der Waals surface area contributed by atoms with Gasteiger partial charge in [0.15, 0.2) is 0 Å². The number of aromatic nitrogens is 2. The van der Waals surface area contributed by atoms with Crippen LogP contribution < -0.4 is 10.0 Å². The first-order chi connectivity index (χ1) is 14.6. The van der Waals surface area contributed by atoms with Gasteiger partial charge in [0, 0.05) is 17.4 Å². The van der Waals surface area contributed by atoms with Crippen molar-refractivity contribution >= 4 is 33.4 Å². The molecule has 2 aromatic rings. The van der Waals surface area contributed by atoms with Gasteiger partial charge < -0.3 is 10.4 Å². The lowest BCUT2D eigenvalue weighted by Gasteiger charge is -2.23. The lowest BCUT2D eigenvalue weighted by molar-refractivity contribution is -0.146. The molecule has 2 aliphatic carbocycles. The molecule has 9 nitrogen and oxygen atoms in total. The quantitative estimate of drug-likeness (QED) is 0.584. The van der Waals surface area contributed by atoms with Crippen LogP contribution in [0.15, 0.2) is 47.4 Å². The van der Waals surface area contributed by atoms with Gasteiger partial charge in [0.05, 0.1) is 16.7 Å². The van der Waals surface area contributed by atoms with Crippen molar-refractivity contribution in [3.8, 4) is 0 Å². The average molecular weight is 442 g/mol. The molecular weight excluding hydrogens is 420 g/mol. The molecule has 1 heterocycles. The normalized spacial score (nSPS) is 24.2. The number of carbonyl (C=O) groups is 2. The highest BCUT2D eigenvalue weighted by molar-refractivity contribution is 7.92.